The molecule has 2 aromatic heterocycles. The summed E-state index contributed by atoms with van der Waals surface area (Å²) in [6.07, 6.45) is 3.10. The Bertz CT molecular complexity index is 1620. The average Bonchev–Trinajstić information content (AvgIpc) is 3.39. The molecule has 6 nitrogen and oxygen atoms in total. The van der Waals surface area contributed by atoms with Crippen LogP contribution in [0.15, 0.2) is 134 Å². The molecule has 0 fully saturated rings. The fourth-order valence-corrected chi connectivity index (χ4v) is 4.93. The van der Waals surface area contributed by atoms with Crippen LogP contribution < -0.4 is 23.2 Å². The highest BCUT2D eigenvalue weighted by Gasteiger charge is 2.23. The van der Waals surface area contributed by atoms with Crippen molar-refractivity contribution in [3.63, 3.8) is 0 Å². The van der Waals surface area contributed by atoms with E-state index in [9.17, 15) is 0 Å². The minimum atomic E-state index is -4.94. The topological polar surface area (TPSA) is 112 Å². The number of aromatic nitrogens is 2. The van der Waals surface area contributed by atoms with Crippen LogP contribution in [0.1, 0.15) is 5.56 Å². The third-order valence-corrected chi connectivity index (χ3v) is 6.69. The van der Waals surface area contributed by atoms with Crippen LogP contribution in [0, 0.1) is 10.2 Å². The van der Waals surface area contributed by atoms with Crippen molar-refractivity contribution in [1.29, 1.82) is 0 Å². The molecule has 200 valence electrons. The highest BCUT2D eigenvalue weighted by Crippen LogP contribution is 2.29. The molecule has 1 N–H and O–H groups in total. The van der Waals surface area contributed by atoms with Gasteiger partial charge in [-0.1, -0.05) is 84.9 Å². The molecule has 0 amide bonds. The second-order valence-electron chi connectivity index (χ2n) is 9.25. The van der Waals surface area contributed by atoms with Crippen molar-refractivity contribution in [2.24, 2.45) is 0 Å². The first kappa shape index (κ1) is 27.3. The lowest BCUT2D eigenvalue weighted by Crippen LogP contribution is -2.68. The number of nitrogens with zero attached hydrogens (tertiary/aromatic N) is 1. The Balaban J connectivity index is 0.000000595. The molecule has 7 heteroatoms. The second kappa shape index (κ2) is 12.3. The van der Waals surface area contributed by atoms with Gasteiger partial charge in [-0.2, -0.15) is 4.57 Å². The van der Waals surface area contributed by atoms with E-state index in [2.05, 4.69) is 143 Å². The highest BCUT2D eigenvalue weighted by molar-refractivity contribution is 5.83. The quantitative estimate of drug-likeness (QED) is 0.321. The second-order valence-corrected chi connectivity index (χ2v) is 10.0. The summed E-state index contributed by atoms with van der Waals surface area (Å²) >= 11 is 0. The zero-order chi connectivity index (χ0) is 28.0. The molecule has 6 aromatic rings. The molecule has 0 aliphatic carbocycles. The molecule has 6 rings (SSSR count). The van der Waals surface area contributed by atoms with Crippen LogP contribution in [0.5, 0.6) is 0 Å². The summed E-state index contributed by atoms with van der Waals surface area (Å²) in [6, 6.07) is 45.4. The first-order chi connectivity index (χ1) is 19.4. The molecule has 0 radical (unpaired) electrons. The Labute approximate surface area is 234 Å². The zero-order valence-corrected chi connectivity index (χ0v) is 22.3. The largest absolute Gasteiger partial charge is 0.361 e. The molecule has 0 bridgehead atoms. The number of hydrogen-bond acceptors (Lipinski definition) is 4. The lowest BCUT2D eigenvalue weighted by Gasteiger charge is -2.17. The molecule has 0 saturated carbocycles. The van der Waals surface area contributed by atoms with Gasteiger partial charge in [0.15, 0.2) is 6.54 Å². The van der Waals surface area contributed by atoms with Crippen LogP contribution in [-0.2, 0) is 13.0 Å². The van der Waals surface area contributed by atoms with E-state index < -0.39 is 10.2 Å². The van der Waals surface area contributed by atoms with Gasteiger partial charge in [-0.15, -0.1) is 10.2 Å². The smallest absolute Gasteiger partial charge is 0.213 e. The predicted octanol–water partition coefficient (Wildman–Crippen LogP) is 2.94. The predicted molar refractivity (Wildman–Crippen MR) is 145 cm³/mol. The van der Waals surface area contributed by atoms with E-state index >= 15 is 0 Å². The first-order valence-corrected chi connectivity index (χ1v) is 14.0. The number of halogens is 1. The van der Waals surface area contributed by atoms with Gasteiger partial charge >= 0.3 is 0 Å². The monoisotopic (exact) mass is 550 g/mol. The molecule has 40 heavy (non-hydrogen) atoms. The first-order valence-electron chi connectivity index (χ1n) is 12.8. The number of H-pyrrole nitrogens is 1. The third kappa shape index (κ3) is 6.82. The summed E-state index contributed by atoms with van der Waals surface area (Å²) in [5.74, 6) is 0. The number of para-hydroxylation sites is 1. The Morgan fingerprint density at radius 2 is 1.00 bits per heavy atom. The number of nitrogens with one attached hydrogen (secondary N) is 1. The van der Waals surface area contributed by atoms with Gasteiger partial charge in [0, 0.05) is 46.8 Å². The number of aryl methyl sites for hydroxylation is 1. The maximum Gasteiger partial charge on any atom is 0.213 e. The van der Waals surface area contributed by atoms with E-state index in [1.165, 1.54) is 50.1 Å². The van der Waals surface area contributed by atoms with Crippen LogP contribution in [0.2, 0.25) is 0 Å². The van der Waals surface area contributed by atoms with Gasteiger partial charge in [0.2, 0.25) is 11.4 Å². The van der Waals surface area contributed by atoms with E-state index in [0.717, 1.165) is 13.0 Å². The van der Waals surface area contributed by atoms with Crippen molar-refractivity contribution in [2.75, 3.05) is 0 Å². The van der Waals surface area contributed by atoms with Gasteiger partial charge in [0.25, 0.3) is 0 Å². The van der Waals surface area contributed by atoms with Crippen molar-refractivity contribution in [3.8, 4) is 33.6 Å². The Hall–Kier alpha value is -4.30. The van der Waals surface area contributed by atoms with Crippen molar-refractivity contribution in [1.82, 2.24) is 4.98 Å². The Kier molecular flexibility index (Phi) is 8.36. The summed E-state index contributed by atoms with van der Waals surface area (Å²) < 4.78 is 36.5. The van der Waals surface area contributed by atoms with Gasteiger partial charge < -0.3 is 4.98 Å². The van der Waals surface area contributed by atoms with Gasteiger partial charge in [-0.05, 0) is 47.0 Å². The van der Waals surface area contributed by atoms with E-state index in [-0.39, 0.29) is 0 Å². The summed E-state index contributed by atoms with van der Waals surface area (Å²) in [6.45, 7) is 0.880. The van der Waals surface area contributed by atoms with E-state index in [1.807, 2.05) is 0 Å². The molecule has 0 unspecified atom stereocenters. The van der Waals surface area contributed by atoms with E-state index in [4.69, 9.17) is 18.6 Å². The number of hydrogen-bond donors (Lipinski definition) is 1. The summed E-state index contributed by atoms with van der Waals surface area (Å²) in [4.78, 5) is 3.44. The average molecular weight is 551 g/mol. The summed E-state index contributed by atoms with van der Waals surface area (Å²) in [5.41, 5.74) is 9.90. The zero-order valence-electron chi connectivity index (χ0n) is 21.6. The molecule has 0 spiro atoms. The van der Waals surface area contributed by atoms with Gasteiger partial charge in [0.05, 0.1) is 0 Å². The standard InChI is InChI=1S/C33H27N2.ClHO4/c1-4-12-25(13-5-1)29-22-32(26-14-6-2-7-15-26)35(33(23-29)27-16-8-3-9-17-27)21-20-28-24-34-31-19-11-10-18-30(28)31;2-1(3,4)5/h1-19,22-24,34H,20-21H2;(H,2,3,4,5)/q+1;/p-1. The molecular formula is C33H27ClN2O4. The summed E-state index contributed by atoms with van der Waals surface area (Å²) in [5, 5.41) is 1.30. The minimum absolute atomic E-state index is 0.880. The number of benzene rings is 4. The maximum atomic E-state index is 8.49. The normalized spacial score (nSPS) is 11.2. The number of pyridine rings is 1. The van der Waals surface area contributed by atoms with Crippen molar-refractivity contribution in [3.05, 3.63) is 139 Å². The Morgan fingerprint density at radius 3 is 1.52 bits per heavy atom. The number of fused-ring (bicyclic) bond motifs is 1. The van der Waals surface area contributed by atoms with Crippen LogP contribution in [0.25, 0.3) is 44.5 Å². The lowest BCUT2D eigenvalue weighted by atomic mass is 9.98. The molecule has 4 aromatic carbocycles. The van der Waals surface area contributed by atoms with Gasteiger partial charge in [-0.25, -0.2) is 18.6 Å². The fraction of sp³-hybridized carbons (Fsp3) is 0.0606. The number of rotatable bonds is 6. The molecule has 2 heterocycles. The number of aromatic amines is 1. The van der Waals surface area contributed by atoms with Crippen molar-refractivity contribution >= 4 is 10.9 Å². The molecule has 0 aliphatic rings. The molecule has 0 saturated heterocycles. The van der Waals surface area contributed by atoms with Gasteiger partial charge in [-0.3, -0.25) is 0 Å². The summed E-state index contributed by atoms with van der Waals surface area (Å²) in [7, 11) is -4.94. The third-order valence-electron chi connectivity index (χ3n) is 6.69. The Morgan fingerprint density at radius 1 is 0.550 bits per heavy atom. The molecule has 0 atom stereocenters. The van der Waals surface area contributed by atoms with Crippen LogP contribution in [0.3, 0.4) is 0 Å². The van der Waals surface area contributed by atoms with E-state index in [1.54, 1.807) is 0 Å². The van der Waals surface area contributed by atoms with Crippen LogP contribution in [0.4, 0.5) is 0 Å². The van der Waals surface area contributed by atoms with Crippen molar-refractivity contribution < 1.29 is 33.4 Å². The highest BCUT2D eigenvalue weighted by atomic mass is 35.7. The molecular weight excluding hydrogens is 524 g/mol. The lowest BCUT2D eigenvalue weighted by molar-refractivity contribution is -2.00. The van der Waals surface area contributed by atoms with Crippen LogP contribution >= 0.6 is 0 Å². The minimum Gasteiger partial charge on any atom is -0.361 e. The van der Waals surface area contributed by atoms with Crippen molar-refractivity contribution in [2.45, 2.75) is 13.0 Å². The fourth-order valence-electron chi connectivity index (χ4n) is 4.93. The maximum absolute atomic E-state index is 8.49. The van der Waals surface area contributed by atoms with Crippen LogP contribution in [-0.4, -0.2) is 4.98 Å². The van der Waals surface area contributed by atoms with E-state index in [0.29, 0.717) is 0 Å². The SMILES string of the molecule is [O-][Cl+3]([O-])([O-])[O-].c1ccc(-c2cc(-c3ccccc3)[n+](CCc3c[nH]c4ccccc34)c(-c3ccccc3)c2)cc1. The van der Waals surface area contributed by atoms with Gasteiger partial charge in [0.1, 0.15) is 0 Å². The molecule has 0 aliphatic heterocycles.